The lowest BCUT2D eigenvalue weighted by molar-refractivity contribution is 0.0673. The van der Waals surface area contributed by atoms with E-state index in [9.17, 15) is 9.18 Å². The molecule has 1 fully saturated rings. The van der Waals surface area contributed by atoms with Gasteiger partial charge in [-0.1, -0.05) is 12.1 Å². The van der Waals surface area contributed by atoms with Crippen LogP contribution in [-0.2, 0) is 11.2 Å². The Hall–Kier alpha value is -2.54. The molecule has 0 spiro atoms. The van der Waals surface area contributed by atoms with Crippen LogP contribution >= 0.6 is 0 Å². The number of aromatic nitrogens is 4. The fourth-order valence-corrected chi connectivity index (χ4v) is 3.10. The SMILES string of the molecule is O=c1[nH]c(Cc2cccc(F)c2)nc2c1cnn2C1CCOCC1. The number of nitrogens with zero attached hydrogens (tertiary/aromatic N) is 3. The van der Waals surface area contributed by atoms with E-state index in [4.69, 9.17) is 4.74 Å². The van der Waals surface area contributed by atoms with Gasteiger partial charge < -0.3 is 9.72 Å². The summed E-state index contributed by atoms with van der Waals surface area (Å²) in [7, 11) is 0. The summed E-state index contributed by atoms with van der Waals surface area (Å²) in [6.45, 7) is 1.37. The number of benzene rings is 1. The summed E-state index contributed by atoms with van der Waals surface area (Å²) in [5, 5.41) is 4.84. The summed E-state index contributed by atoms with van der Waals surface area (Å²) in [6, 6.07) is 6.48. The third-order valence-corrected chi connectivity index (χ3v) is 4.31. The van der Waals surface area contributed by atoms with Crippen LogP contribution in [0.5, 0.6) is 0 Å². The average molecular weight is 328 g/mol. The molecular weight excluding hydrogens is 311 g/mol. The maximum atomic E-state index is 13.3. The monoisotopic (exact) mass is 328 g/mol. The molecule has 1 aliphatic rings. The van der Waals surface area contributed by atoms with E-state index in [-0.39, 0.29) is 17.4 Å². The van der Waals surface area contributed by atoms with Gasteiger partial charge in [-0.2, -0.15) is 5.10 Å². The number of nitrogens with one attached hydrogen (secondary N) is 1. The highest BCUT2D eigenvalue weighted by Gasteiger charge is 2.20. The molecule has 0 bridgehead atoms. The third-order valence-electron chi connectivity index (χ3n) is 4.31. The molecule has 0 radical (unpaired) electrons. The second kappa shape index (κ2) is 6.16. The molecule has 0 amide bonds. The predicted octanol–water partition coefficient (Wildman–Crippen LogP) is 2.20. The summed E-state index contributed by atoms with van der Waals surface area (Å²) in [5.41, 5.74) is 1.12. The summed E-state index contributed by atoms with van der Waals surface area (Å²) in [5.74, 6) is 0.204. The zero-order valence-electron chi connectivity index (χ0n) is 13.0. The lowest BCUT2D eigenvalue weighted by Crippen LogP contribution is -2.21. The van der Waals surface area contributed by atoms with Gasteiger partial charge >= 0.3 is 0 Å². The van der Waals surface area contributed by atoms with E-state index in [1.54, 1.807) is 12.3 Å². The first kappa shape index (κ1) is 15.0. The van der Waals surface area contributed by atoms with Crippen molar-refractivity contribution in [3.63, 3.8) is 0 Å². The van der Waals surface area contributed by atoms with Crippen LogP contribution < -0.4 is 5.56 Å². The molecule has 3 heterocycles. The maximum absolute atomic E-state index is 13.3. The van der Waals surface area contributed by atoms with Crippen molar-refractivity contribution in [2.75, 3.05) is 13.2 Å². The zero-order valence-corrected chi connectivity index (χ0v) is 13.0. The molecule has 2 aromatic heterocycles. The van der Waals surface area contributed by atoms with Crippen LogP contribution in [-0.4, -0.2) is 33.0 Å². The van der Waals surface area contributed by atoms with E-state index < -0.39 is 0 Å². The number of hydrogen-bond donors (Lipinski definition) is 1. The van der Waals surface area contributed by atoms with Crippen molar-refractivity contribution >= 4 is 11.0 Å². The highest BCUT2D eigenvalue weighted by atomic mass is 19.1. The molecular formula is C17H17FN4O2. The lowest BCUT2D eigenvalue weighted by atomic mass is 10.1. The van der Waals surface area contributed by atoms with E-state index in [1.165, 1.54) is 12.1 Å². The molecule has 4 rings (SSSR count). The van der Waals surface area contributed by atoms with Crippen LogP contribution in [0.1, 0.15) is 30.3 Å². The molecule has 1 N–H and O–H groups in total. The molecule has 124 valence electrons. The number of H-pyrrole nitrogens is 1. The topological polar surface area (TPSA) is 72.8 Å². The van der Waals surface area contributed by atoms with Gasteiger partial charge in [0.2, 0.25) is 0 Å². The first-order valence-electron chi connectivity index (χ1n) is 7.99. The highest BCUT2D eigenvalue weighted by Crippen LogP contribution is 2.23. The van der Waals surface area contributed by atoms with Gasteiger partial charge in [0.05, 0.1) is 12.2 Å². The van der Waals surface area contributed by atoms with E-state index in [1.807, 2.05) is 10.7 Å². The summed E-state index contributed by atoms with van der Waals surface area (Å²) in [6.07, 6.45) is 3.62. The minimum absolute atomic E-state index is 0.188. The van der Waals surface area contributed by atoms with Crippen LogP contribution in [0, 0.1) is 5.82 Å². The molecule has 7 heteroatoms. The van der Waals surface area contributed by atoms with Gasteiger partial charge in [-0.05, 0) is 30.5 Å². The summed E-state index contributed by atoms with van der Waals surface area (Å²) in [4.78, 5) is 19.7. The van der Waals surface area contributed by atoms with E-state index in [0.717, 1.165) is 18.4 Å². The van der Waals surface area contributed by atoms with Gasteiger partial charge in [0, 0.05) is 19.6 Å². The van der Waals surface area contributed by atoms with Crippen molar-refractivity contribution in [2.45, 2.75) is 25.3 Å². The highest BCUT2D eigenvalue weighted by molar-refractivity contribution is 5.73. The molecule has 24 heavy (non-hydrogen) atoms. The number of hydrogen-bond acceptors (Lipinski definition) is 4. The summed E-state index contributed by atoms with van der Waals surface area (Å²) >= 11 is 0. The van der Waals surface area contributed by atoms with Crippen molar-refractivity contribution in [3.05, 3.63) is 58.0 Å². The fourth-order valence-electron chi connectivity index (χ4n) is 3.10. The largest absolute Gasteiger partial charge is 0.381 e. The third kappa shape index (κ3) is 2.82. The minimum Gasteiger partial charge on any atom is -0.381 e. The van der Waals surface area contributed by atoms with Crippen molar-refractivity contribution in [1.29, 1.82) is 0 Å². The molecule has 0 aliphatic carbocycles. The van der Waals surface area contributed by atoms with Gasteiger partial charge in [-0.3, -0.25) is 4.79 Å². The van der Waals surface area contributed by atoms with Crippen LogP contribution in [0.2, 0.25) is 0 Å². The Morgan fingerprint density at radius 2 is 2.17 bits per heavy atom. The predicted molar refractivity (Wildman–Crippen MR) is 86.4 cm³/mol. The van der Waals surface area contributed by atoms with E-state index >= 15 is 0 Å². The number of fused-ring (bicyclic) bond motifs is 1. The Balaban J connectivity index is 1.73. The molecule has 0 unspecified atom stereocenters. The Bertz CT molecular complexity index is 928. The number of rotatable bonds is 3. The quantitative estimate of drug-likeness (QED) is 0.800. The van der Waals surface area contributed by atoms with Crippen molar-refractivity contribution in [2.24, 2.45) is 0 Å². The molecule has 1 aromatic carbocycles. The van der Waals surface area contributed by atoms with Gasteiger partial charge in [0.1, 0.15) is 17.0 Å². The van der Waals surface area contributed by atoms with Crippen molar-refractivity contribution < 1.29 is 9.13 Å². The average Bonchev–Trinajstić information content (AvgIpc) is 3.00. The first-order valence-corrected chi connectivity index (χ1v) is 7.99. The summed E-state index contributed by atoms with van der Waals surface area (Å²) < 4.78 is 20.5. The van der Waals surface area contributed by atoms with Gasteiger partial charge in [0.25, 0.3) is 5.56 Å². The molecule has 1 saturated heterocycles. The molecule has 0 saturated carbocycles. The molecule has 3 aromatic rings. The second-order valence-electron chi connectivity index (χ2n) is 5.99. The maximum Gasteiger partial charge on any atom is 0.262 e. The Morgan fingerprint density at radius 3 is 2.96 bits per heavy atom. The fraction of sp³-hybridized carbons (Fsp3) is 0.353. The van der Waals surface area contributed by atoms with Crippen LogP contribution in [0.15, 0.2) is 35.3 Å². The molecule has 0 atom stereocenters. The van der Waals surface area contributed by atoms with Crippen LogP contribution in [0.25, 0.3) is 11.0 Å². The van der Waals surface area contributed by atoms with Crippen LogP contribution in [0.4, 0.5) is 4.39 Å². The molecule has 1 aliphatic heterocycles. The number of halogens is 1. The van der Waals surface area contributed by atoms with Crippen LogP contribution in [0.3, 0.4) is 0 Å². The normalized spacial score (nSPS) is 15.9. The Kier molecular flexibility index (Phi) is 3.86. The zero-order chi connectivity index (χ0) is 16.5. The Morgan fingerprint density at radius 1 is 1.33 bits per heavy atom. The standard InChI is InChI=1S/C17H17FN4O2/c18-12-3-1-2-11(8-12)9-15-20-16-14(17(23)21-15)10-19-22(16)13-4-6-24-7-5-13/h1-3,8,10,13H,4-7,9H2,(H,20,21,23). The van der Waals surface area contributed by atoms with Gasteiger partial charge in [-0.25, -0.2) is 14.1 Å². The van der Waals surface area contributed by atoms with Crippen molar-refractivity contribution in [3.8, 4) is 0 Å². The molecule has 6 nitrogen and oxygen atoms in total. The van der Waals surface area contributed by atoms with Gasteiger partial charge in [-0.15, -0.1) is 0 Å². The lowest BCUT2D eigenvalue weighted by Gasteiger charge is -2.22. The smallest absolute Gasteiger partial charge is 0.262 e. The van der Waals surface area contributed by atoms with E-state index in [0.29, 0.717) is 36.5 Å². The number of ether oxygens (including phenoxy) is 1. The van der Waals surface area contributed by atoms with Crippen molar-refractivity contribution in [1.82, 2.24) is 19.7 Å². The number of aromatic amines is 1. The van der Waals surface area contributed by atoms with E-state index in [2.05, 4.69) is 15.1 Å². The first-order chi connectivity index (χ1) is 11.7. The minimum atomic E-state index is -0.303. The van der Waals surface area contributed by atoms with Gasteiger partial charge in [0.15, 0.2) is 5.65 Å². The second-order valence-corrected chi connectivity index (χ2v) is 5.99. The Labute approximate surface area is 137 Å².